The molecule has 1 saturated heterocycles. The van der Waals surface area contributed by atoms with E-state index in [9.17, 15) is 28.9 Å². The number of hydrogen-bond acceptors (Lipinski definition) is 8. The van der Waals surface area contributed by atoms with Crippen molar-refractivity contribution in [3.63, 3.8) is 0 Å². The first-order valence-corrected chi connectivity index (χ1v) is 12.4. The zero-order valence-electron chi connectivity index (χ0n) is 20.2. The van der Waals surface area contributed by atoms with Gasteiger partial charge in [-0.15, -0.1) is 0 Å². The number of amides is 3. The van der Waals surface area contributed by atoms with E-state index in [1.807, 2.05) is 0 Å². The molecule has 39 heavy (non-hydrogen) atoms. The van der Waals surface area contributed by atoms with Gasteiger partial charge < -0.3 is 14.8 Å². The minimum Gasteiger partial charge on any atom is -0.493 e. The molecule has 1 heterocycles. The second kappa shape index (κ2) is 12.0. The predicted octanol–water partition coefficient (Wildman–Crippen LogP) is 5.65. The zero-order chi connectivity index (χ0) is 28.1. The highest BCUT2D eigenvalue weighted by Crippen LogP contribution is 2.39. The van der Waals surface area contributed by atoms with Crippen molar-refractivity contribution in [3.05, 3.63) is 97.6 Å². The van der Waals surface area contributed by atoms with E-state index in [1.54, 1.807) is 18.2 Å². The lowest BCUT2D eigenvalue weighted by Crippen LogP contribution is -2.36. The average Bonchev–Trinajstić information content (AvgIpc) is 3.16. The van der Waals surface area contributed by atoms with Gasteiger partial charge in [0, 0.05) is 12.1 Å². The maximum Gasteiger partial charge on any atom is 0.294 e. The Balaban J connectivity index is 1.46. The molecule has 4 rings (SSSR count). The smallest absolute Gasteiger partial charge is 0.294 e. The van der Waals surface area contributed by atoms with E-state index in [-0.39, 0.29) is 39.4 Å². The fraction of sp³-hybridized carbons (Fsp3) is 0.115. The van der Waals surface area contributed by atoms with Crippen LogP contribution in [0.15, 0.2) is 65.6 Å². The number of methoxy groups -OCH3 is 1. The van der Waals surface area contributed by atoms with Crippen molar-refractivity contribution in [1.29, 1.82) is 0 Å². The van der Waals surface area contributed by atoms with Gasteiger partial charge in [-0.2, -0.15) is 0 Å². The molecule has 0 aliphatic carbocycles. The third-order valence-electron chi connectivity index (χ3n) is 5.40. The molecule has 0 aromatic heterocycles. The van der Waals surface area contributed by atoms with Crippen LogP contribution in [0.5, 0.6) is 11.5 Å². The van der Waals surface area contributed by atoms with Gasteiger partial charge in [0.1, 0.15) is 19.0 Å². The van der Waals surface area contributed by atoms with Crippen LogP contribution in [0.3, 0.4) is 0 Å². The fourth-order valence-corrected chi connectivity index (χ4v) is 4.63. The van der Waals surface area contributed by atoms with Crippen LogP contribution in [0.1, 0.15) is 11.1 Å². The van der Waals surface area contributed by atoms with Gasteiger partial charge in [0.25, 0.3) is 16.8 Å². The lowest BCUT2D eigenvalue weighted by Gasteiger charge is -2.14. The summed E-state index contributed by atoms with van der Waals surface area (Å²) >= 11 is 7.05. The number of ether oxygens (including phenoxy) is 2. The van der Waals surface area contributed by atoms with E-state index in [4.69, 9.17) is 21.1 Å². The second-order valence-corrected chi connectivity index (χ2v) is 9.44. The van der Waals surface area contributed by atoms with Gasteiger partial charge >= 0.3 is 0 Å². The Bertz CT molecular complexity index is 1500. The SMILES string of the molecule is COc1cc(/C=C2\SC(=O)N(CC(=O)Nc3ccccc3F)C2=O)cc(Cl)c1OCc1ccc([N+](=O)[O-])cc1. The summed E-state index contributed by atoms with van der Waals surface area (Å²) in [5.74, 6) is -1.61. The second-order valence-electron chi connectivity index (χ2n) is 8.04. The number of nitrogens with zero attached hydrogens (tertiary/aromatic N) is 2. The van der Waals surface area contributed by atoms with E-state index in [2.05, 4.69) is 5.32 Å². The molecule has 1 fully saturated rings. The van der Waals surface area contributed by atoms with Gasteiger partial charge in [-0.05, 0) is 65.4 Å². The predicted molar refractivity (Wildman–Crippen MR) is 143 cm³/mol. The number of hydrogen-bond donors (Lipinski definition) is 1. The van der Waals surface area contributed by atoms with Crippen LogP contribution in [0.4, 0.5) is 20.6 Å². The fourth-order valence-electron chi connectivity index (χ4n) is 3.52. The highest BCUT2D eigenvalue weighted by Gasteiger charge is 2.36. The summed E-state index contributed by atoms with van der Waals surface area (Å²) in [5.41, 5.74) is 0.979. The Hall–Kier alpha value is -4.42. The summed E-state index contributed by atoms with van der Waals surface area (Å²) in [4.78, 5) is 48.7. The number of halogens is 2. The number of nitro groups is 1. The number of carbonyl (C=O) groups is 3. The normalized spacial score (nSPS) is 14.0. The molecule has 0 unspecified atom stereocenters. The van der Waals surface area contributed by atoms with Crippen LogP contribution in [0.2, 0.25) is 5.02 Å². The summed E-state index contributed by atoms with van der Waals surface area (Å²) in [7, 11) is 1.40. The van der Waals surface area contributed by atoms with Crippen LogP contribution in [0.25, 0.3) is 6.08 Å². The van der Waals surface area contributed by atoms with E-state index in [0.717, 1.165) is 4.90 Å². The molecule has 0 radical (unpaired) electrons. The minimum atomic E-state index is -0.733. The first kappa shape index (κ1) is 27.6. The third kappa shape index (κ3) is 6.54. The Morgan fingerprint density at radius 2 is 1.90 bits per heavy atom. The highest BCUT2D eigenvalue weighted by molar-refractivity contribution is 8.18. The number of rotatable bonds is 9. The van der Waals surface area contributed by atoms with Crippen molar-refractivity contribution in [3.8, 4) is 11.5 Å². The molecule has 0 atom stereocenters. The molecule has 1 aliphatic heterocycles. The van der Waals surface area contributed by atoms with E-state index < -0.39 is 34.3 Å². The average molecular weight is 572 g/mol. The molecule has 0 spiro atoms. The Morgan fingerprint density at radius 1 is 1.18 bits per heavy atom. The van der Waals surface area contributed by atoms with Gasteiger partial charge in [0.2, 0.25) is 5.91 Å². The topological polar surface area (TPSA) is 128 Å². The van der Waals surface area contributed by atoms with Crippen molar-refractivity contribution in [2.75, 3.05) is 19.0 Å². The first-order valence-electron chi connectivity index (χ1n) is 11.2. The molecule has 0 saturated carbocycles. The maximum absolute atomic E-state index is 13.8. The lowest BCUT2D eigenvalue weighted by atomic mass is 10.1. The number of thioether (sulfide) groups is 1. The van der Waals surface area contributed by atoms with E-state index in [0.29, 0.717) is 22.9 Å². The number of nitro benzene ring substituents is 1. The van der Waals surface area contributed by atoms with Crippen LogP contribution < -0.4 is 14.8 Å². The molecule has 13 heteroatoms. The standard InChI is InChI=1S/C26H19ClFN3O7S/c1-37-21-11-16(10-18(27)24(21)38-14-15-6-8-17(9-7-15)31(35)36)12-22-25(33)30(26(34)39-22)13-23(32)29-20-5-3-2-4-19(20)28/h2-12H,13-14H2,1H3,(H,29,32)/b22-12-. The number of imide groups is 1. The van der Waals surface area contributed by atoms with Crippen molar-refractivity contribution in [1.82, 2.24) is 4.90 Å². The molecule has 200 valence electrons. The molecule has 10 nitrogen and oxygen atoms in total. The van der Waals surface area contributed by atoms with E-state index >= 15 is 0 Å². The Morgan fingerprint density at radius 3 is 2.56 bits per heavy atom. The molecule has 1 aliphatic rings. The van der Waals surface area contributed by atoms with Gasteiger partial charge in [-0.25, -0.2) is 4.39 Å². The molecular weight excluding hydrogens is 553 g/mol. The summed E-state index contributed by atoms with van der Waals surface area (Å²) in [6.07, 6.45) is 1.42. The van der Waals surface area contributed by atoms with Crippen molar-refractivity contribution in [2.45, 2.75) is 6.61 Å². The maximum atomic E-state index is 13.8. The van der Waals surface area contributed by atoms with Crippen LogP contribution in [0, 0.1) is 15.9 Å². The Kier molecular flexibility index (Phi) is 8.47. The van der Waals surface area contributed by atoms with Gasteiger partial charge in [0.05, 0.1) is 27.6 Å². The molecule has 3 aromatic carbocycles. The number of benzene rings is 3. The monoisotopic (exact) mass is 571 g/mol. The first-order chi connectivity index (χ1) is 18.7. The Labute approximate surface area is 230 Å². The summed E-state index contributed by atoms with van der Waals surface area (Å²) in [6, 6.07) is 14.4. The third-order valence-corrected chi connectivity index (χ3v) is 6.59. The molecule has 1 N–H and O–H groups in total. The van der Waals surface area contributed by atoms with Gasteiger partial charge in [-0.3, -0.25) is 29.4 Å². The molecular formula is C26H19ClFN3O7S. The van der Waals surface area contributed by atoms with Crippen LogP contribution in [-0.2, 0) is 16.2 Å². The highest BCUT2D eigenvalue weighted by atomic mass is 35.5. The number of carbonyl (C=O) groups excluding carboxylic acids is 3. The number of non-ortho nitro benzene ring substituents is 1. The largest absolute Gasteiger partial charge is 0.493 e. The van der Waals surface area contributed by atoms with Gasteiger partial charge in [-0.1, -0.05) is 23.7 Å². The van der Waals surface area contributed by atoms with Crippen molar-refractivity contribution < 1.29 is 33.2 Å². The number of nitrogens with one attached hydrogen (secondary N) is 1. The summed E-state index contributed by atoms with van der Waals surface area (Å²) in [5, 5.41) is 12.7. The summed E-state index contributed by atoms with van der Waals surface area (Å²) in [6.45, 7) is -0.531. The summed E-state index contributed by atoms with van der Waals surface area (Å²) < 4.78 is 24.9. The number of anilines is 1. The zero-order valence-corrected chi connectivity index (χ0v) is 21.8. The number of para-hydroxylation sites is 1. The molecule has 3 aromatic rings. The van der Waals surface area contributed by atoms with Crippen LogP contribution in [-0.4, -0.2) is 40.5 Å². The molecule has 0 bridgehead atoms. The van der Waals surface area contributed by atoms with Gasteiger partial charge in [0.15, 0.2) is 11.5 Å². The van der Waals surface area contributed by atoms with E-state index in [1.165, 1.54) is 55.7 Å². The molecule has 3 amide bonds. The minimum absolute atomic E-state index is 0.0474. The van der Waals surface area contributed by atoms with Crippen molar-refractivity contribution in [2.24, 2.45) is 0 Å². The van der Waals surface area contributed by atoms with Crippen LogP contribution >= 0.6 is 23.4 Å². The van der Waals surface area contributed by atoms with Crippen molar-refractivity contribution >= 4 is 57.9 Å². The lowest BCUT2D eigenvalue weighted by molar-refractivity contribution is -0.384. The quantitative estimate of drug-likeness (QED) is 0.198.